The van der Waals surface area contributed by atoms with E-state index in [9.17, 15) is 4.79 Å². The summed E-state index contributed by atoms with van der Waals surface area (Å²) < 4.78 is 10.5. The molecule has 3 N–H and O–H groups in total. The summed E-state index contributed by atoms with van der Waals surface area (Å²) in [6, 6.07) is 3.61. The topological polar surface area (TPSA) is 73.6 Å². The van der Waals surface area contributed by atoms with Gasteiger partial charge >= 0.3 is 0 Å². The fourth-order valence-electron chi connectivity index (χ4n) is 2.60. The summed E-state index contributed by atoms with van der Waals surface area (Å²) in [7, 11) is 3.16. The molecule has 1 aliphatic rings. The first-order valence-electron chi connectivity index (χ1n) is 6.83. The molecule has 0 heterocycles. The third kappa shape index (κ3) is 3.60. The molecule has 21 heavy (non-hydrogen) atoms. The molecule has 1 saturated carbocycles. The van der Waals surface area contributed by atoms with Gasteiger partial charge in [-0.25, -0.2) is 0 Å². The fraction of sp³-hybridized carbons (Fsp3) is 0.533. The number of anilines is 1. The molecular weight excluding hydrogens is 292 g/mol. The van der Waals surface area contributed by atoms with E-state index in [-0.39, 0.29) is 18.3 Å². The highest BCUT2D eigenvalue weighted by molar-refractivity contribution is 5.99. The van der Waals surface area contributed by atoms with Gasteiger partial charge in [-0.05, 0) is 31.4 Å². The zero-order valence-corrected chi connectivity index (χ0v) is 13.5. The molecule has 0 aliphatic heterocycles. The van der Waals surface area contributed by atoms with E-state index in [1.165, 1.54) is 0 Å². The van der Waals surface area contributed by atoms with Gasteiger partial charge in [0.2, 0.25) is 5.91 Å². The first kappa shape index (κ1) is 17.6. The molecule has 0 spiro atoms. The van der Waals surface area contributed by atoms with Gasteiger partial charge in [0.15, 0.2) is 11.5 Å². The van der Waals surface area contributed by atoms with Crippen LogP contribution in [0.1, 0.15) is 31.2 Å². The third-order valence-electron chi connectivity index (χ3n) is 3.93. The summed E-state index contributed by atoms with van der Waals surface area (Å²) in [6.07, 6.45) is 3.50. The van der Waals surface area contributed by atoms with Gasteiger partial charge in [-0.1, -0.05) is 12.8 Å². The number of rotatable bonds is 4. The highest BCUT2D eigenvalue weighted by Gasteiger charge is 2.37. The van der Waals surface area contributed by atoms with Crippen molar-refractivity contribution in [1.29, 1.82) is 0 Å². The van der Waals surface area contributed by atoms with Crippen molar-refractivity contribution in [2.24, 2.45) is 5.73 Å². The van der Waals surface area contributed by atoms with Gasteiger partial charge in [-0.3, -0.25) is 4.79 Å². The SMILES string of the molecule is COc1cc(C)c(NC(=O)C2(N)CCCC2)cc1OC.Cl. The molecule has 1 aromatic rings. The predicted octanol–water partition coefficient (Wildman–Crippen LogP) is 2.64. The van der Waals surface area contributed by atoms with Gasteiger partial charge in [0, 0.05) is 11.8 Å². The van der Waals surface area contributed by atoms with Gasteiger partial charge in [-0.15, -0.1) is 12.4 Å². The van der Waals surface area contributed by atoms with Crippen LogP contribution in [0.3, 0.4) is 0 Å². The van der Waals surface area contributed by atoms with E-state index in [4.69, 9.17) is 15.2 Å². The number of methoxy groups -OCH3 is 2. The molecule has 5 nitrogen and oxygen atoms in total. The van der Waals surface area contributed by atoms with Crippen molar-refractivity contribution in [3.8, 4) is 11.5 Å². The quantitative estimate of drug-likeness (QED) is 0.896. The van der Waals surface area contributed by atoms with Crippen LogP contribution in [0.2, 0.25) is 0 Å². The number of amides is 1. The number of aryl methyl sites for hydroxylation is 1. The Morgan fingerprint density at radius 3 is 2.24 bits per heavy atom. The van der Waals surface area contributed by atoms with E-state index in [1.807, 2.05) is 13.0 Å². The average Bonchev–Trinajstić information content (AvgIpc) is 2.88. The summed E-state index contributed by atoms with van der Waals surface area (Å²) in [4.78, 5) is 12.3. The van der Waals surface area contributed by atoms with Crippen molar-refractivity contribution in [1.82, 2.24) is 0 Å². The summed E-state index contributed by atoms with van der Waals surface area (Å²) in [5.41, 5.74) is 7.05. The second-order valence-electron chi connectivity index (χ2n) is 5.34. The molecule has 0 saturated heterocycles. The van der Waals surface area contributed by atoms with Gasteiger partial charge in [0.1, 0.15) is 0 Å². The number of benzene rings is 1. The lowest BCUT2D eigenvalue weighted by atomic mass is 9.98. The number of carbonyl (C=O) groups is 1. The Balaban J connectivity index is 0.00000220. The van der Waals surface area contributed by atoms with Crippen molar-refractivity contribution in [2.45, 2.75) is 38.1 Å². The van der Waals surface area contributed by atoms with Crippen LogP contribution < -0.4 is 20.5 Å². The zero-order chi connectivity index (χ0) is 14.8. The molecule has 1 aromatic carbocycles. The number of hydrogen-bond acceptors (Lipinski definition) is 4. The Morgan fingerprint density at radius 1 is 1.19 bits per heavy atom. The summed E-state index contributed by atoms with van der Waals surface area (Å²) >= 11 is 0. The molecule has 1 aliphatic carbocycles. The van der Waals surface area contributed by atoms with E-state index in [0.29, 0.717) is 17.2 Å². The molecule has 1 fully saturated rings. The molecule has 1 amide bonds. The standard InChI is InChI=1S/C15H22N2O3.ClH/c1-10-8-12(19-2)13(20-3)9-11(10)17-14(18)15(16)6-4-5-7-15;/h8-9H,4-7,16H2,1-3H3,(H,17,18);1H. The van der Waals surface area contributed by atoms with Gasteiger partial charge < -0.3 is 20.5 Å². The van der Waals surface area contributed by atoms with Crippen LogP contribution in [-0.2, 0) is 4.79 Å². The number of ether oxygens (including phenoxy) is 2. The minimum Gasteiger partial charge on any atom is -0.493 e. The largest absolute Gasteiger partial charge is 0.493 e. The van der Waals surface area contributed by atoms with Crippen LogP contribution in [0.15, 0.2) is 12.1 Å². The molecule has 6 heteroatoms. The monoisotopic (exact) mass is 314 g/mol. The van der Waals surface area contributed by atoms with E-state index in [1.54, 1.807) is 20.3 Å². The highest BCUT2D eigenvalue weighted by Crippen LogP contribution is 2.34. The summed E-state index contributed by atoms with van der Waals surface area (Å²) in [5, 5.41) is 2.92. The molecule has 0 atom stereocenters. The molecule has 0 bridgehead atoms. The van der Waals surface area contributed by atoms with Crippen LogP contribution in [0, 0.1) is 6.92 Å². The van der Waals surface area contributed by atoms with Crippen LogP contribution in [0.25, 0.3) is 0 Å². The maximum absolute atomic E-state index is 12.3. The second kappa shape index (κ2) is 7.00. The minimum absolute atomic E-state index is 0. The lowest BCUT2D eigenvalue weighted by Crippen LogP contribution is -2.48. The number of hydrogen-bond donors (Lipinski definition) is 2. The minimum atomic E-state index is -0.737. The summed E-state index contributed by atoms with van der Waals surface area (Å²) in [5.74, 6) is 1.11. The number of carbonyl (C=O) groups excluding carboxylic acids is 1. The van der Waals surface area contributed by atoms with Crippen molar-refractivity contribution < 1.29 is 14.3 Å². The van der Waals surface area contributed by atoms with Crippen molar-refractivity contribution >= 4 is 24.0 Å². The molecule has 0 radical (unpaired) electrons. The molecule has 0 unspecified atom stereocenters. The second-order valence-corrected chi connectivity index (χ2v) is 5.34. The number of nitrogens with one attached hydrogen (secondary N) is 1. The van der Waals surface area contributed by atoms with Gasteiger partial charge in [0.25, 0.3) is 0 Å². The van der Waals surface area contributed by atoms with E-state index in [0.717, 1.165) is 31.2 Å². The van der Waals surface area contributed by atoms with Crippen molar-refractivity contribution in [3.63, 3.8) is 0 Å². The summed E-state index contributed by atoms with van der Waals surface area (Å²) in [6.45, 7) is 1.91. The number of nitrogens with two attached hydrogens (primary N) is 1. The predicted molar refractivity (Wildman–Crippen MR) is 85.5 cm³/mol. The maximum Gasteiger partial charge on any atom is 0.244 e. The average molecular weight is 315 g/mol. The van der Waals surface area contributed by atoms with E-state index >= 15 is 0 Å². The molecular formula is C15H23ClN2O3. The number of halogens is 1. The van der Waals surface area contributed by atoms with Gasteiger partial charge in [-0.2, -0.15) is 0 Å². The highest BCUT2D eigenvalue weighted by atomic mass is 35.5. The van der Waals surface area contributed by atoms with Crippen molar-refractivity contribution in [3.05, 3.63) is 17.7 Å². The Labute approximate surface area is 131 Å². The van der Waals surface area contributed by atoms with Crippen molar-refractivity contribution in [2.75, 3.05) is 19.5 Å². The van der Waals surface area contributed by atoms with Crippen LogP contribution in [0.5, 0.6) is 11.5 Å². The van der Waals surface area contributed by atoms with Crippen LogP contribution >= 0.6 is 12.4 Å². The Bertz CT molecular complexity index is 514. The van der Waals surface area contributed by atoms with Crippen LogP contribution in [-0.4, -0.2) is 25.7 Å². The Hall–Kier alpha value is -1.46. The Morgan fingerprint density at radius 2 is 1.71 bits per heavy atom. The fourth-order valence-corrected chi connectivity index (χ4v) is 2.60. The third-order valence-corrected chi connectivity index (χ3v) is 3.93. The van der Waals surface area contributed by atoms with Crippen LogP contribution in [0.4, 0.5) is 5.69 Å². The first-order valence-corrected chi connectivity index (χ1v) is 6.83. The lowest BCUT2D eigenvalue weighted by Gasteiger charge is -2.23. The first-order chi connectivity index (χ1) is 9.50. The van der Waals surface area contributed by atoms with E-state index < -0.39 is 5.54 Å². The van der Waals surface area contributed by atoms with E-state index in [2.05, 4.69) is 5.32 Å². The molecule has 118 valence electrons. The molecule has 0 aromatic heterocycles. The molecule has 2 rings (SSSR count). The van der Waals surface area contributed by atoms with Gasteiger partial charge in [0.05, 0.1) is 19.8 Å². The zero-order valence-electron chi connectivity index (χ0n) is 12.7. The normalized spacial score (nSPS) is 16.0. The maximum atomic E-state index is 12.3. The Kier molecular flexibility index (Phi) is 5.87. The lowest BCUT2D eigenvalue weighted by molar-refractivity contribution is -0.121. The smallest absolute Gasteiger partial charge is 0.244 e.